The third kappa shape index (κ3) is 3.00. The number of nitrogens with two attached hydrogens (primary N) is 1. The average Bonchev–Trinajstić information content (AvgIpc) is 2.14. The Morgan fingerprint density at radius 2 is 1.71 bits per heavy atom. The Labute approximate surface area is 87.0 Å². The van der Waals surface area contributed by atoms with Crippen molar-refractivity contribution in [3.05, 3.63) is 33.7 Å². The summed E-state index contributed by atoms with van der Waals surface area (Å²) in [5.41, 5.74) is 8.08. The molecule has 0 aliphatic carbocycles. The molecule has 0 heterocycles. The molecule has 0 fully saturated rings. The molecule has 1 nitrogen and oxygen atoms in total. The molecule has 1 aromatic rings. The van der Waals surface area contributed by atoms with Gasteiger partial charge in [0, 0.05) is 6.04 Å². The maximum atomic E-state index is 5.78. The molecular weight excluding hydrogens is 170 g/mol. The Balaban J connectivity index is 0.000000791. The van der Waals surface area contributed by atoms with Gasteiger partial charge in [-0.2, -0.15) is 0 Å². The van der Waals surface area contributed by atoms with E-state index in [1.54, 1.807) is 0 Å². The summed E-state index contributed by atoms with van der Waals surface area (Å²) in [6.07, 6.45) is 0. The minimum atomic E-state index is 0.0397. The van der Waals surface area contributed by atoms with Gasteiger partial charge >= 0.3 is 0 Å². The van der Waals surface area contributed by atoms with E-state index >= 15 is 0 Å². The standard InChI is InChI=1S/C11H15N.C2H6/c1-7-5-8(2)9(3)11(6-7)10(4)12;1-2/h5-6,10H,2-3,12H2,1,4H3;1-2H3. The molecule has 0 spiro atoms. The van der Waals surface area contributed by atoms with Gasteiger partial charge in [0.25, 0.3) is 0 Å². The van der Waals surface area contributed by atoms with Crippen LogP contribution in [-0.2, 0) is 0 Å². The molecule has 0 amide bonds. The third-order valence-electron chi connectivity index (χ3n) is 2.01. The van der Waals surface area contributed by atoms with Gasteiger partial charge in [-0.05, 0) is 29.8 Å². The number of hydrogen-bond donors (Lipinski definition) is 1. The van der Waals surface area contributed by atoms with E-state index in [1.165, 1.54) is 5.56 Å². The van der Waals surface area contributed by atoms with Crippen molar-refractivity contribution in [3.8, 4) is 0 Å². The van der Waals surface area contributed by atoms with Crippen LogP contribution in [0.5, 0.6) is 0 Å². The van der Waals surface area contributed by atoms with Gasteiger partial charge in [-0.1, -0.05) is 44.7 Å². The van der Waals surface area contributed by atoms with Crippen molar-refractivity contribution in [3.63, 3.8) is 0 Å². The van der Waals surface area contributed by atoms with Gasteiger partial charge in [-0.3, -0.25) is 0 Å². The largest absolute Gasteiger partial charge is 0.324 e. The van der Waals surface area contributed by atoms with Crippen molar-refractivity contribution in [1.82, 2.24) is 0 Å². The van der Waals surface area contributed by atoms with E-state index in [2.05, 4.69) is 19.2 Å². The summed E-state index contributed by atoms with van der Waals surface area (Å²) in [6, 6.07) is 4.13. The fourth-order valence-corrected chi connectivity index (χ4v) is 1.33. The Bertz CT molecular complexity index is 377. The van der Waals surface area contributed by atoms with Gasteiger partial charge in [0.2, 0.25) is 0 Å². The maximum Gasteiger partial charge on any atom is 0.0272 e. The lowest BCUT2D eigenvalue weighted by molar-refractivity contribution is 0.809. The number of hydrogen-bond acceptors (Lipinski definition) is 1. The molecule has 2 N–H and O–H groups in total. The first-order chi connectivity index (χ1) is 6.52. The summed E-state index contributed by atoms with van der Waals surface area (Å²) in [6.45, 7) is 15.8. The fraction of sp³-hybridized carbons (Fsp3) is 0.385. The zero-order chi connectivity index (χ0) is 11.3. The molecular formula is C13H21N. The van der Waals surface area contributed by atoms with Gasteiger partial charge in [0.15, 0.2) is 0 Å². The van der Waals surface area contributed by atoms with Crippen LogP contribution < -0.4 is 16.2 Å². The van der Waals surface area contributed by atoms with Crippen molar-refractivity contribution >= 4 is 13.2 Å². The first-order valence-corrected chi connectivity index (χ1v) is 5.06. The van der Waals surface area contributed by atoms with E-state index in [9.17, 15) is 0 Å². The van der Waals surface area contributed by atoms with Crippen LogP contribution >= 0.6 is 0 Å². The minimum absolute atomic E-state index is 0.0397. The summed E-state index contributed by atoms with van der Waals surface area (Å²) in [5.74, 6) is 0. The molecule has 0 bridgehead atoms. The van der Waals surface area contributed by atoms with Crippen molar-refractivity contribution in [2.75, 3.05) is 0 Å². The third-order valence-corrected chi connectivity index (χ3v) is 2.01. The lowest BCUT2D eigenvalue weighted by Crippen LogP contribution is -2.29. The number of rotatable bonds is 1. The molecule has 0 saturated carbocycles. The smallest absolute Gasteiger partial charge is 0.0272 e. The average molecular weight is 191 g/mol. The van der Waals surface area contributed by atoms with E-state index < -0.39 is 0 Å². The zero-order valence-corrected chi connectivity index (χ0v) is 9.72. The van der Waals surface area contributed by atoms with Gasteiger partial charge in [-0.15, -0.1) is 0 Å². The second-order valence-electron chi connectivity index (χ2n) is 3.28. The highest BCUT2D eigenvalue weighted by Crippen LogP contribution is 2.03. The van der Waals surface area contributed by atoms with Gasteiger partial charge in [0.05, 0.1) is 0 Å². The normalized spacial score (nSPS) is 11.5. The molecule has 78 valence electrons. The monoisotopic (exact) mass is 191 g/mol. The SMILES string of the molecule is C=c1cc(C)cc(C(C)N)c1=C.CC. The predicted molar refractivity (Wildman–Crippen MR) is 65.4 cm³/mol. The van der Waals surface area contributed by atoms with Crippen LogP contribution in [0.3, 0.4) is 0 Å². The van der Waals surface area contributed by atoms with E-state index in [0.717, 1.165) is 16.0 Å². The molecule has 0 radical (unpaired) electrons. The molecule has 1 unspecified atom stereocenters. The van der Waals surface area contributed by atoms with Crippen LogP contribution in [0, 0.1) is 6.92 Å². The van der Waals surface area contributed by atoms with Crippen molar-refractivity contribution in [1.29, 1.82) is 0 Å². The molecule has 14 heavy (non-hydrogen) atoms. The van der Waals surface area contributed by atoms with Crippen LogP contribution in [0.25, 0.3) is 13.2 Å². The van der Waals surface area contributed by atoms with Crippen molar-refractivity contribution in [2.24, 2.45) is 5.73 Å². The van der Waals surface area contributed by atoms with Crippen LogP contribution in [0.15, 0.2) is 12.1 Å². The lowest BCUT2D eigenvalue weighted by Gasteiger charge is -2.07. The molecule has 1 atom stereocenters. The second-order valence-corrected chi connectivity index (χ2v) is 3.28. The van der Waals surface area contributed by atoms with Crippen molar-refractivity contribution in [2.45, 2.75) is 33.7 Å². The summed E-state index contributed by atoms with van der Waals surface area (Å²) >= 11 is 0. The number of benzene rings is 1. The minimum Gasteiger partial charge on any atom is -0.324 e. The predicted octanol–water partition coefficient (Wildman–Crippen LogP) is 1.86. The highest BCUT2D eigenvalue weighted by Gasteiger charge is 2.00. The lowest BCUT2D eigenvalue weighted by atomic mass is 10.0. The van der Waals surface area contributed by atoms with Crippen LogP contribution in [0.2, 0.25) is 0 Å². The molecule has 1 heteroatoms. The first-order valence-electron chi connectivity index (χ1n) is 5.06. The summed E-state index contributed by atoms with van der Waals surface area (Å²) in [5, 5.41) is 1.94. The van der Waals surface area contributed by atoms with Gasteiger partial charge in [0.1, 0.15) is 0 Å². The van der Waals surface area contributed by atoms with Crippen molar-refractivity contribution < 1.29 is 0 Å². The highest BCUT2D eigenvalue weighted by molar-refractivity contribution is 5.31. The molecule has 1 aromatic carbocycles. The fourth-order valence-electron chi connectivity index (χ4n) is 1.33. The zero-order valence-electron chi connectivity index (χ0n) is 9.72. The number of aryl methyl sites for hydroxylation is 1. The Hall–Kier alpha value is -1.08. The van der Waals surface area contributed by atoms with Crippen LogP contribution in [0.4, 0.5) is 0 Å². The quantitative estimate of drug-likeness (QED) is 0.720. The second kappa shape index (κ2) is 5.61. The van der Waals surface area contributed by atoms with Gasteiger partial charge < -0.3 is 5.73 Å². The van der Waals surface area contributed by atoms with Crippen LogP contribution in [0.1, 0.15) is 37.9 Å². The highest BCUT2D eigenvalue weighted by atomic mass is 14.6. The summed E-state index contributed by atoms with van der Waals surface area (Å²) in [7, 11) is 0. The van der Waals surface area contributed by atoms with Crippen LogP contribution in [-0.4, -0.2) is 0 Å². The first kappa shape index (κ1) is 12.9. The molecule has 0 saturated heterocycles. The Morgan fingerprint density at radius 1 is 1.21 bits per heavy atom. The Kier molecular flexibility index (Phi) is 5.18. The summed E-state index contributed by atoms with van der Waals surface area (Å²) in [4.78, 5) is 0. The van der Waals surface area contributed by atoms with E-state index in [-0.39, 0.29) is 6.04 Å². The molecule has 0 aliphatic heterocycles. The molecule has 0 aromatic heterocycles. The van der Waals surface area contributed by atoms with E-state index in [4.69, 9.17) is 5.73 Å². The maximum absolute atomic E-state index is 5.78. The Morgan fingerprint density at radius 3 is 2.14 bits per heavy atom. The molecule has 0 aliphatic rings. The summed E-state index contributed by atoms with van der Waals surface area (Å²) < 4.78 is 0. The van der Waals surface area contributed by atoms with E-state index in [0.29, 0.717) is 0 Å². The van der Waals surface area contributed by atoms with Gasteiger partial charge in [-0.25, -0.2) is 0 Å². The topological polar surface area (TPSA) is 26.0 Å². The van der Waals surface area contributed by atoms with E-state index in [1.807, 2.05) is 33.8 Å². The molecule has 1 rings (SSSR count).